The summed E-state index contributed by atoms with van der Waals surface area (Å²) in [7, 11) is 0. The Bertz CT molecular complexity index is 1680. The van der Waals surface area contributed by atoms with Gasteiger partial charge in [0.1, 0.15) is 34.1 Å². The predicted molar refractivity (Wildman–Crippen MR) is 171 cm³/mol. The van der Waals surface area contributed by atoms with Crippen LogP contribution in [-0.4, -0.2) is 20.3 Å². The summed E-state index contributed by atoms with van der Waals surface area (Å²) in [6.07, 6.45) is 0.955. The van der Waals surface area contributed by atoms with Crippen LogP contribution in [0.3, 0.4) is 0 Å². The average Bonchev–Trinajstić information content (AvgIpc) is 3.82. The lowest BCUT2D eigenvalue weighted by molar-refractivity contribution is 0.0980. The Hall–Kier alpha value is -4.62. The SMILES string of the molecule is C.CC.CCC(=O)c1ccc(-c2ccc(-c3ccc(-c4ccc(-c5ccc(C(=O)CC)cc5)o4)c4nsnc34)o2)cc1. The largest absolute Gasteiger partial charge is 0.456 e. The summed E-state index contributed by atoms with van der Waals surface area (Å²) in [6, 6.07) is 26.6. The van der Waals surface area contributed by atoms with Gasteiger partial charge in [-0.3, -0.25) is 9.59 Å². The number of Topliss-reactive ketones (excluding diaryl/α,β-unsaturated/α-hetero) is 2. The quantitative estimate of drug-likeness (QED) is 0.167. The number of aromatic nitrogens is 2. The van der Waals surface area contributed by atoms with Crippen molar-refractivity contribution < 1.29 is 18.4 Å². The standard InChI is InChI=1S/C32H24N2O4S.C2H6.CH4/c1-3-25(35)19-5-9-21(10-6-19)27-15-17-29(37-27)23-13-14-24(32-31(23)33-39-34-32)30-18-16-28(38-30)22-11-7-20(8-12-22)26(36)4-2;1-2;/h5-18H,3-4H2,1-2H3;1-2H3;1H4. The first-order valence-electron chi connectivity index (χ1n) is 13.8. The van der Waals surface area contributed by atoms with Gasteiger partial charge in [0.05, 0.1) is 11.7 Å². The first kappa shape index (κ1) is 30.3. The number of fused-ring (bicyclic) bond motifs is 1. The topological polar surface area (TPSA) is 86.2 Å². The normalized spacial score (nSPS) is 10.6. The van der Waals surface area contributed by atoms with Gasteiger partial charge in [0.25, 0.3) is 0 Å². The summed E-state index contributed by atoms with van der Waals surface area (Å²) in [5.74, 6) is 3.02. The number of hydrogen-bond donors (Lipinski definition) is 0. The number of carbonyl (C=O) groups is 2. The highest BCUT2D eigenvalue weighted by molar-refractivity contribution is 7.00. The molecule has 0 fully saturated rings. The van der Waals surface area contributed by atoms with Gasteiger partial charge in [0, 0.05) is 46.2 Å². The Balaban J connectivity index is 0.00000132. The molecule has 6 rings (SSSR count). The van der Waals surface area contributed by atoms with Crippen molar-refractivity contribution >= 4 is 34.3 Å². The summed E-state index contributed by atoms with van der Waals surface area (Å²) in [4.78, 5) is 23.9. The van der Waals surface area contributed by atoms with Crippen LogP contribution in [0.4, 0.5) is 0 Å². The number of carbonyl (C=O) groups excluding carboxylic acids is 2. The van der Waals surface area contributed by atoms with Gasteiger partial charge in [-0.15, -0.1) is 0 Å². The third-order valence-electron chi connectivity index (χ3n) is 6.78. The van der Waals surface area contributed by atoms with Crippen LogP contribution in [0.5, 0.6) is 0 Å². The molecule has 214 valence electrons. The number of benzene rings is 3. The van der Waals surface area contributed by atoms with Crippen LogP contribution in [0.2, 0.25) is 0 Å². The molecule has 6 nitrogen and oxygen atoms in total. The van der Waals surface area contributed by atoms with Crippen LogP contribution in [0, 0.1) is 0 Å². The van der Waals surface area contributed by atoms with Gasteiger partial charge in [-0.2, -0.15) is 8.75 Å². The van der Waals surface area contributed by atoms with E-state index >= 15 is 0 Å². The Kier molecular flexibility index (Phi) is 9.65. The molecular weight excluding hydrogens is 544 g/mol. The summed E-state index contributed by atoms with van der Waals surface area (Å²) in [5, 5.41) is 0. The van der Waals surface area contributed by atoms with Crippen LogP contribution in [0.15, 0.2) is 93.8 Å². The number of ketones is 2. The highest BCUT2D eigenvalue weighted by Crippen LogP contribution is 2.38. The Morgan fingerprint density at radius 1 is 0.571 bits per heavy atom. The summed E-state index contributed by atoms with van der Waals surface area (Å²) in [5.41, 5.74) is 6.35. The number of furan rings is 2. The molecule has 0 saturated heterocycles. The number of nitrogens with zero attached hydrogens (tertiary/aromatic N) is 2. The summed E-state index contributed by atoms with van der Waals surface area (Å²) >= 11 is 1.14. The van der Waals surface area contributed by atoms with Crippen LogP contribution in [-0.2, 0) is 0 Å². The van der Waals surface area contributed by atoms with E-state index in [0.29, 0.717) is 47.0 Å². The van der Waals surface area contributed by atoms with Crippen molar-refractivity contribution in [3.8, 4) is 45.3 Å². The molecule has 3 aromatic carbocycles. The molecule has 6 aromatic rings. The van der Waals surface area contributed by atoms with E-state index in [4.69, 9.17) is 8.83 Å². The Morgan fingerprint density at radius 2 is 0.929 bits per heavy atom. The van der Waals surface area contributed by atoms with E-state index in [1.807, 2.05) is 113 Å². The molecule has 0 bridgehead atoms. The third-order valence-corrected chi connectivity index (χ3v) is 7.31. The van der Waals surface area contributed by atoms with E-state index in [1.165, 1.54) is 0 Å². The van der Waals surface area contributed by atoms with E-state index in [1.54, 1.807) is 0 Å². The lowest BCUT2D eigenvalue weighted by Gasteiger charge is -2.04. The van der Waals surface area contributed by atoms with Gasteiger partial charge in [-0.25, -0.2) is 0 Å². The van der Waals surface area contributed by atoms with Crippen LogP contribution >= 0.6 is 11.7 Å². The molecule has 0 saturated carbocycles. The molecule has 0 aliphatic heterocycles. The van der Waals surface area contributed by atoms with E-state index in [9.17, 15) is 9.59 Å². The molecule has 0 aliphatic rings. The van der Waals surface area contributed by atoms with Crippen molar-refractivity contribution in [2.24, 2.45) is 0 Å². The van der Waals surface area contributed by atoms with Crippen LogP contribution in [0.25, 0.3) is 56.3 Å². The minimum Gasteiger partial charge on any atom is -0.456 e. The van der Waals surface area contributed by atoms with Crippen molar-refractivity contribution in [3.63, 3.8) is 0 Å². The van der Waals surface area contributed by atoms with Crippen molar-refractivity contribution in [1.29, 1.82) is 0 Å². The smallest absolute Gasteiger partial charge is 0.162 e. The Morgan fingerprint density at radius 3 is 1.29 bits per heavy atom. The summed E-state index contributed by atoms with van der Waals surface area (Å²) in [6.45, 7) is 7.71. The first-order valence-corrected chi connectivity index (χ1v) is 14.5. The van der Waals surface area contributed by atoms with Gasteiger partial charge >= 0.3 is 0 Å². The molecule has 0 aliphatic carbocycles. The van der Waals surface area contributed by atoms with Gasteiger partial charge in [0.15, 0.2) is 11.6 Å². The van der Waals surface area contributed by atoms with Crippen molar-refractivity contribution in [2.45, 2.75) is 48.0 Å². The lowest BCUT2D eigenvalue weighted by atomic mass is 10.0. The second-order valence-electron chi connectivity index (χ2n) is 9.16. The third kappa shape index (κ3) is 5.87. The lowest BCUT2D eigenvalue weighted by Crippen LogP contribution is -1.95. The highest BCUT2D eigenvalue weighted by atomic mass is 32.1. The second kappa shape index (κ2) is 13.4. The van der Waals surface area contributed by atoms with Gasteiger partial charge in [0.2, 0.25) is 0 Å². The average molecular weight is 579 g/mol. The highest BCUT2D eigenvalue weighted by Gasteiger charge is 2.18. The minimum absolute atomic E-state index is 0. The van der Waals surface area contributed by atoms with Gasteiger partial charge < -0.3 is 8.83 Å². The molecule has 0 atom stereocenters. The molecule has 0 N–H and O–H groups in total. The minimum atomic E-state index is 0. The molecule has 3 heterocycles. The van der Waals surface area contributed by atoms with E-state index < -0.39 is 0 Å². The van der Waals surface area contributed by atoms with Crippen molar-refractivity contribution in [3.05, 3.63) is 96.1 Å². The second-order valence-corrected chi connectivity index (χ2v) is 9.69. The molecule has 7 heteroatoms. The van der Waals surface area contributed by atoms with Gasteiger partial charge in [-0.1, -0.05) is 83.7 Å². The fourth-order valence-corrected chi connectivity index (χ4v) is 5.16. The zero-order chi connectivity index (χ0) is 28.9. The van der Waals surface area contributed by atoms with E-state index in [2.05, 4.69) is 8.75 Å². The maximum Gasteiger partial charge on any atom is 0.162 e. The molecule has 42 heavy (non-hydrogen) atoms. The van der Waals surface area contributed by atoms with Crippen molar-refractivity contribution in [1.82, 2.24) is 8.75 Å². The summed E-state index contributed by atoms with van der Waals surface area (Å²) < 4.78 is 21.5. The van der Waals surface area contributed by atoms with Crippen LogP contribution in [0.1, 0.15) is 68.7 Å². The Labute approximate surface area is 250 Å². The van der Waals surface area contributed by atoms with Crippen LogP contribution < -0.4 is 0 Å². The number of rotatable bonds is 8. The zero-order valence-electron chi connectivity index (χ0n) is 23.4. The van der Waals surface area contributed by atoms with E-state index in [0.717, 1.165) is 45.0 Å². The fraction of sp³-hybridized carbons (Fsp3) is 0.200. The predicted octanol–water partition coefficient (Wildman–Crippen LogP) is 10.4. The molecule has 3 aromatic heterocycles. The molecule has 0 unspecified atom stereocenters. The molecular formula is C35H34N2O4S. The first-order chi connectivity index (χ1) is 20.1. The maximum absolute atomic E-state index is 11.9. The molecule has 0 spiro atoms. The monoisotopic (exact) mass is 578 g/mol. The van der Waals surface area contributed by atoms with E-state index in [-0.39, 0.29) is 19.0 Å². The van der Waals surface area contributed by atoms with Gasteiger partial charge in [-0.05, 0) is 36.4 Å². The van der Waals surface area contributed by atoms with Crippen molar-refractivity contribution in [2.75, 3.05) is 0 Å². The number of hydrogen-bond acceptors (Lipinski definition) is 7. The molecule has 0 radical (unpaired) electrons. The maximum atomic E-state index is 11.9. The molecule has 0 amide bonds. The zero-order valence-corrected chi connectivity index (χ0v) is 24.2. The fourth-order valence-electron chi connectivity index (χ4n) is 4.59.